The fourth-order valence-electron chi connectivity index (χ4n) is 1.90. The summed E-state index contributed by atoms with van der Waals surface area (Å²) in [6.07, 6.45) is 1.79. The van der Waals surface area contributed by atoms with Crippen molar-refractivity contribution in [2.45, 2.75) is 19.8 Å². The number of ether oxygens (including phenoxy) is 1. The third kappa shape index (κ3) is 2.51. The zero-order valence-electron chi connectivity index (χ0n) is 10.8. The van der Waals surface area contributed by atoms with Gasteiger partial charge in [0, 0.05) is 12.5 Å². The van der Waals surface area contributed by atoms with Gasteiger partial charge in [-0.3, -0.25) is 9.67 Å². The monoisotopic (exact) mass is 274 g/mol. The Labute approximate surface area is 116 Å². The standard InChI is InChI=1S/C13H14N4OS/c1-3-4-12-15-16-13(19)17(12)10-6-5-9(8-14)7-11(10)18-2/h5-7H,3-4H2,1-2H3,(H,16,19). The van der Waals surface area contributed by atoms with Gasteiger partial charge in [-0.1, -0.05) is 6.92 Å². The molecule has 0 saturated heterocycles. The average molecular weight is 274 g/mol. The van der Waals surface area contributed by atoms with E-state index in [4.69, 9.17) is 22.2 Å². The quantitative estimate of drug-likeness (QED) is 0.871. The normalized spacial score (nSPS) is 10.2. The number of hydrogen-bond acceptors (Lipinski definition) is 4. The minimum Gasteiger partial charge on any atom is -0.495 e. The molecule has 1 aromatic heterocycles. The first-order valence-electron chi connectivity index (χ1n) is 5.96. The van der Waals surface area contributed by atoms with Gasteiger partial charge in [0.25, 0.3) is 0 Å². The van der Waals surface area contributed by atoms with Gasteiger partial charge in [0.1, 0.15) is 11.6 Å². The lowest BCUT2D eigenvalue weighted by Gasteiger charge is -2.11. The maximum atomic E-state index is 8.92. The number of methoxy groups -OCH3 is 1. The molecule has 98 valence electrons. The van der Waals surface area contributed by atoms with Gasteiger partial charge < -0.3 is 4.74 Å². The Balaban J connectivity index is 2.62. The van der Waals surface area contributed by atoms with Gasteiger partial charge in [0.2, 0.25) is 0 Å². The molecule has 1 N–H and O–H groups in total. The molecule has 0 amide bonds. The fourth-order valence-corrected chi connectivity index (χ4v) is 2.15. The molecular formula is C13H14N4OS. The van der Waals surface area contributed by atoms with Gasteiger partial charge in [-0.15, -0.1) is 0 Å². The van der Waals surface area contributed by atoms with E-state index in [1.54, 1.807) is 19.2 Å². The lowest BCUT2D eigenvalue weighted by molar-refractivity contribution is 0.412. The number of aryl methyl sites for hydroxylation is 1. The van der Waals surface area contributed by atoms with Crippen molar-refractivity contribution in [3.8, 4) is 17.5 Å². The topological polar surface area (TPSA) is 66.6 Å². The van der Waals surface area contributed by atoms with Gasteiger partial charge in [0.15, 0.2) is 4.77 Å². The van der Waals surface area contributed by atoms with Gasteiger partial charge in [-0.05, 0) is 30.8 Å². The predicted molar refractivity (Wildman–Crippen MR) is 74.0 cm³/mol. The van der Waals surface area contributed by atoms with E-state index in [1.807, 2.05) is 10.6 Å². The SMILES string of the molecule is CCCc1n[nH]c(=S)n1-c1ccc(C#N)cc1OC. The highest BCUT2D eigenvalue weighted by Gasteiger charge is 2.12. The van der Waals surface area contributed by atoms with Crippen LogP contribution in [0.1, 0.15) is 24.7 Å². The van der Waals surface area contributed by atoms with Crippen LogP contribution in [0, 0.1) is 16.1 Å². The van der Waals surface area contributed by atoms with Gasteiger partial charge in [0.05, 0.1) is 24.4 Å². The second kappa shape index (κ2) is 5.67. The van der Waals surface area contributed by atoms with E-state index in [2.05, 4.69) is 23.2 Å². The Morgan fingerprint density at radius 2 is 2.32 bits per heavy atom. The van der Waals surface area contributed by atoms with Crippen LogP contribution in [0.4, 0.5) is 0 Å². The smallest absolute Gasteiger partial charge is 0.199 e. The Morgan fingerprint density at radius 1 is 1.53 bits per heavy atom. The van der Waals surface area contributed by atoms with Crippen molar-refractivity contribution in [1.29, 1.82) is 5.26 Å². The number of nitrogens with one attached hydrogen (secondary N) is 1. The molecule has 1 aromatic carbocycles. The molecule has 0 radical (unpaired) electrons. The first-order valence-corrected chi connectivity index (χ1v) is 6.37. The molecule has 0 spiro atoms. The largest absolute Gasteiger partial charge is 0.495 e. The van der Waals surface area contributed by atoms with Crippen LogP contribution >= 0.6 is 12.2 Å². The van der Waals surface area contributed by atoms with Crippen molar-refractivity contribution >= 4 is 12.2 Å². The number of hydrogen-bond donors (Lipinski definition) is 1. The second-order valence-corrected chi connectivity index (χ2v) is 4.42. The Kier molecular flexibility index (Phi) is 3.97. The summed E-state index contributed by atoms with van der Waals surface area (Å²) in [6, 6.07) is 7.34. The number of aromatic amines is 1. The number of nitrogens with zero attached hydrogens (tertiary/aromatic N) is 3. The van der Waals surface area contributed by atoms with Gasteiger partial charge >= 0.3 is 0 Å². The van der Waals surface area contributed by atoms with Crippen LogP contribution in [0.25, 0.3) is 5.69 Å². The highest BCUT2D eigenvalue weighted by atomic mass is 32.1. The van der Waals surface area contributed by atoms with Crippen molar-refractivity contribution in [2.24, 2.45) is 0 Å². The summed E-state index contributed by atoms with van der Waals surface area (Å²) < 4.78 is 7.71. The minimum absolute atomic E-state index is 0.520. The Hall–Kier alpha value is -2.13. The van der Waals surface area contributed by atoms with Crippen molar-refractivity contribution in [2.75, 3.05) is 7.11 Å². The third-order valence-electron chi connectivity index (χ3n) is 2.77. The molecule has 1 heterocycles. The molecule has 0 aliphatic rings. The average Bonchev–Trinajstić information content (AvgIpc) is 2.79. The molecular weight excluding hydrogens is 260 g/mol. The molecule has 2 aromatic rings. The highest BCUT2D eigenvalue weighted by molar-refractivity contribution is 7.71. The van der Waals surface area contributed by atoms with E-state index in [0.717, 1.165) is 24.4 Å². The van der Waals surface area contributed by atoms with Crippen LogP contribution in [0.5, 0.6) is 5.75 Å². The van der Waals surface area contributed by atoms with Crippen LogP contribution in [0.2, 0.25) is 0 Å². The molecule has 0 saturated carbocycles. The second-order valence-electron chi connectivity index (χ2n) is 4.03. The maximum absolute atomic E-state index is 8.92. The molecule has 0 fully saturated rings. The summed E-state index contributed by atoms with van der Waals surface area (Å²) in [4.78, 5) is 0. The predicted octanol–water partition coefficient (Wildman–Crippen LogP) is 2.76. The zero-order valence-corrected chi connectivity index (χ0v) is 11.6. The minimum atomic E-state index is 0.520. The molecule has 6 heteroatoms. The number of benzene rings is 1. The van der Waals surface area contributed by atoms with Crippen LogP contribution in [-0.4, -0.2) is 21.9 Å². The van der Waals surface area contributed by atoms with E-state index in [9.17, 15) is 0 Å². The fraction of sp³-hybridized carbons (Fsp3) is 0.308. The van der Waals surface area contributed by atoms with Crippen LogP contribution in [0.15, 0.2) is 18.2 Å². The summed E-state index contributed by atoms with van der Waals surface area (Å²) in [6.45, 7) is 2.08. The summed E-state index contributed by atoms with van der Waals surface area (Å²) in [5, 5.41) is 15.9. The first kappa shape index (κ1) is 13.3. The number of H-pyrrole nitrogens is 1. The zero-order chi connectivity index (χ0) is 13.8. The number of aromatic nitrogens is 3. The highest BCUT2D eigenvalue weighted by Crippen LogP contribution is 2.25. The van der Waals surface area contributed by atoms with Crippen LogP contribution < -0.4 is 4.74 Å². The molecule has 0 aliphatic heterocycles. The summed E-state index contributed by atoms with van der Waals surface area (Å²) >= 11 is 5.26. The van der Waals surface area contributed by atoms with Crippen molar-refractivity contribution in [3.05, 3.63) is 34.4 Å². The van der Waals surface area contributed by atoms with Crippen LogP contribution in [0.3, 0.4) is 0 Å². The van der Waals surface area contributed by atoms with Gasteiger partial charge in [-0.2, -0.15) is 10.4 Å². The molecule has 0 aliphatic carbocycles. The first-order chi connectivity index (χ1) is 9.21. The maximum Gasteiger partial charge on any atom is 0.199 e. The molecule has 0 bridgehead atoms. The molecule has 5 nitrogen and oxygen atoms in total. The lowest BCUT2D eigenvalue weighted by atomic mass is 10.2. The number of rotatable bonds is 4. The van der Waals surface area contributed by atoms with Gasteiger partial charge in [-0.25, -0.2) is 0 Å². The molecule has 2 rings (SSSR count). The van der Waals surface area contributed by atoms with Crippen molar-refractivity contribution in [3.63, 3.8) is 0 Å². The van der Waals surface area contributed by atoms with Crippen molar-refractivity contribution < 1.29 is 4.74 Å². The number of nitriles is 1. The lowest BCUT2D eigenvalue weighted by Crippen LogP contribution is -2.03. The van der Waals surface area contributed by atoms with E-state index >= 15 is 0 Å². The van der Waals surface area contributed by atoms with E-state index in [-0.39, 0.29) is 0 Å². The Bertz CT molecular complexity index is 681. The summed E-state index contributed by atoms with van der Waals surface area (Å²) in [5.74, 6) is 1.46. The van der Waals surface area contributed by atoms with E-state index in [1.165, 1.54) is 0 Å². The van der Waals surface area contributed by atoms with E-state index < -0.39 is 0 Å². The third-order valence-corrected chi connectivity index (χ3v) is 3.04. The van der Waals surface area contributed by atoms with Crippen LogP contribution in [-0.2, 0) is 6.42 Å². The van der Waals surface area contributed by atoms with E-state index in [0.29, 0.717) is 16.1 Å². The molecule has 0 atom stereocenters. The van der Waals surface area contributed by atoms with Crippen molar-refractivity contribution in [1.82, 2.24) is 14.8 Å². The molecule has 0 unspecified atom stereocenters. The summed E-state index contributed by atoms with van der Waals surface area (Å²) in [5.41, 5.74) is 1.34. The molecule has 19 heavy (non-hydrogen) atoms. The summed E-state index contributed by atoms with van der Waals surface area (Å²) in [7, 11) is 1.57. The Morgan fingerprint density at radius 3 is 2.95 bits per heavy atom.